The molecule has 1 saturated carbocycles. The monoisotopic (exact) mass is 486 g/mol. The van der Waals surface area contributed by atoms with Crippen LogP contribution in [0.1, 0.15) is 24.0 Å². The minimum Gasteiger partial charge on any atom is -0.508 e. The molecule has 0 aliphatic heterocycles. The maximum atomic E-state index is 12.3. The van der Waals surface area contributed by atoms with E-state index in [-0.39, 0.29) is 18.8 Å². The van der Waals surface area contributed by atoms with Crippen molar-refractivity contribution in [1.82, 2.24) is 0 Å². The maximum absolute atomic E-state index is 12.3. The number of carbonyl (C=O) groups excluding carboxylic acids is 1. The van der Waals surface area contributed by atoms with Crippen LogP contribution in [0.15, 0.2) is 54.6 Å². The summed E-state index contributed by atoms with van der Waals surface area (Å²) < 4.78 is 10.8. The van der Waals surface area contributed by atoms with E-state index in [0.717, 1.165) is 6.08 Å². The number of rotatable bonds is 6. The first kappa shape index (κ1) is 25.3. The second-order valence-electron chi connectivity index (χ2n) is 7.76. The van der Waals surface area contributed by atoms with Crippen LogP contribution in [0, 0.1) is 11.8 Å². The van der Waals surface area contributed by atoms with Crippen molar-refractivity contribution in [2.75, 3.05) is 6.61 Å². The number of ether oxygens (including phenoxy) is 2. The van der Waals surface area contributed by atoms with Gasteiger partial charge in [-0.1, -0.05) is 35.6 Å². The van der Waals surface area contributed by atoms with Gasteiger partial charge < -0.3 is 29.9 Å². The van der Waals surface area contributed by atoms with Crippen LogP contribution in [-0.2, 0) is 19.1 Å². The third-order valence-corrected chi connectivity index (χ3v) is 5.56. The molecule has 0 amide bonds. The molecule has 9 heteroatoms. The van der Waals surface area contributed by atoms with Gasteiger partial charge in [0.25, 0.3) is 0 Å². The Morgan fingerprint density at radius 2 is 1.76 bits per heavy atom. The lowest BCUT2D eigenvalue weighted by Crippen LogP contribution is -2.58. The summed E-state index contributed by atoms with van der Waals surface area (Å²) in [5, 5.41) is 40.2. The van der Waals surface area contributed by atoms with Crippen molar-refractivity contribution in [2.24, 2.45) is 0 Å². The van der Waals surface area contributed by atoms with E-state index in [1.54, 1.807) is 36.4 Å². The van der Waals surface area contributed by atoms with Gasteiger partial charge in [0.1, 0.15) is 24.6 Å². The Labute approximate surface area is 201 Å². The van der Waals surface area contributed by atoms with Gasteiger partial charge in [0.05, 0.1) is 6.10 Å². The summed E-state index contributed by atoms with van der Waals surface area (Å²) in [6.45, 7) is -0.265. The minimum atomic E-state index is -1.90. The lowest BCUT2D eigenvalue weighted by molar-refractivity contribution is -0.204. The zero-order chi connectivity index (χ0) is 24.7. The molecule has 0 radical (unpaired) electrons. The molecule has 0 spiro atoms. The van der Waals surface area contributed by atoms with Gasteiger partial charge in [-0.25, -0.2) is 9.59 Å². The van der Waals surface area contributed by atoms with Gasteiger partial charge in [-0.3, -0.25) is 0 Å². The Morgan fingerprint density at radius 3 is 2.41 bits per heavy atom. The van der Waals surface area contributed by atoms with Crippen LogP contribution in [0.5, 0.6) is 5.75 Å². The molecule has 34 heavy (non-hydrogen) atoms. The van der Waals surface area contributed by atoms with Crippen LogP contribution in [0.2, 0.25) is 5.02 Å². The molecule has 1 fully saturated rings. The first-order valence-corrected chi connectivity index (χ1v) is 10.7. The molecular weight excluding hydrogens is 464 g/mol. The second kappa shape index (κ2) is 11.2. The fourth-order valence-corrected chi connectivity index (χ4v) is 3.61. The number of aromatic hydroxyl groups is 1. The summed E-state index contributed by atoms with van der Waals surface area (Å²) in [4.78, 5) is 24.3. The third-order valence-electron chi connectivity index (χ3n) is 5.30. The topological polar surface area (TPSA) is 134 Å². The summed E-state index contributed by atoms with van der Waals surface area (Å²) in [7, 11) is 0. The molecule has 178 valence electrons. The highest BCUT2D eigenvalue weighted by molar-refractivity contribution is 6.30. The number of benzene rings is 2. The largest absolute Gasteiger partial charge is 0.508 e. The summed E-state index contributed by atoms with van der Waals surface area (Å²) >= 11 is 5.83. The predicted octanol–water partition coefficient (Wildman–Crippen LogP) is 2.38. The number of esters is 1. The Bertz CT molecular complexity index is 1100. The van der Waals surface area contributed by atoms with E-state index < -0.39 is 42.3 Å². The zero-order valence-electron chi connectivity index (χ0n) is 17.9. The smallest absolute Gasteiger partial charge is 0.336 e. The lowest BCUT2D eigenvalue weighted by Gasteiger charge is -2.41. The number of aliphatic hydroxyl groups excluding tert-OH is 2. The van der Waals surface area contributed by atoms with Gasteiger partial charge in [0.2, 0.25) is 0 Å². The highest BCUT2D eigenvalue weighted by Gasteiger charge is 2.52. The minimum absolute atomic E-state index is 0.0712. The number of carboxylic acid groups (broad SMARTS) is 1. The molecule has 3 rings (SSSR count). The number of hydrogen-bond donors (Lipinski definition) is 4. The molecular formula is C25H23ClO8. The number of hydrogen-bond acceptors (Lipinski definition) is 7. The maximum Gasteiger partial charge on any atom is 0.336 e. The first-order chi connectivity index (χ1) is 16.2. The van der Waals surface area contributed by atoms with Crippen LogP contribution in [-0.4, -0.2) is 62.9 Å². The van der Waals surface area contributed by atoms with Gasteiger partial charge in [-0.05, 0) is 48.0 Å². The molecule has 1 aliphatic rings. The Balaban J connectivity index is 1.67. The van der Waals surface area contributed by atoms with Gasteiger partial charge >= 0.3 is 11.9 Å². The summed E-state index contributed by atoms with van der Waals surface area (Å²) in [5.74, 6) is 3.39. The SMILES string of the molecule is O=C(/C=C/c1ccc(O)cc1)O[C@@H]1C[C@](OCC#Cc2ccc(Cl)cc2)(C(=O)O)C[C@H](O)[C@H]1O. The van der Waals surface area contributed by atoms with Gasteiger partial charge in [-0.15, -0.1) is 0 Å². The highest BCUT2D eigenvalue weighted by atomic mass is 35.5. The molecule has 1 aliphatic carbocycles. The Hall–Kier alpha value is -3.35. The van der Waals surface area contributed by atoms with Crippen molar-refractivity contribution in [3.63, 3.8) is 0 Å². The highest BCUT2D eigenvalue weighted by Crippen LogP contribution is 2.34. The number of carbonyl (C=O) groups is 2. The average Bonchev–Trinajstić information content (AvgIpc) is 2.80. The van der Waals surface area contributed by atoms with E-state index in [1.165, 1.54) is 18.2 Å². The van der Waals surface area contributed by atoms with E-state index in [2.05, 4.69) is 11.8 Å². The first-order valence-electron chi connectivity index (χ1n) is 10.3. The van der Waals surface area contributed by atoms with Crippen LogP contribution < -0.4 is 0 Å². The summed E-state index contributed by atoms with van der Waals surface area (Å²) in [6, 6.07) is 12.8. The number of carboxylic acids is 1. The number of halogens is 1. The van der Waals surface area contributed by atoms with Crippen LogP contribution >= 0.6 is 11.6 Å². The second-order valence-corrected chi connectivity index (χ2v) is 8.20. The molecule has 0 heterocycles. The van der Waals surface area contributed by atoms with Crippen molar-refractivity contribution in [3.05, 3.63) is 70.8 Å². The molecule has 0 bridgehead atoms. The fraction of sp³-hybridized carbons (Fsp3) is 0.280. The van der Waals surface area contributed by atoms with Crippen molar-refractivity contribution in [2.45, 2.75) is 36.8 Å². The lowest BCUT2D eigenvalue weighted by atomic mass is 9.79. The average molecular weight is 487 g/mol. The molecule has 4 atom stereocenters. The molecule has 8 nitrogen and oxygen atoms in total. The Morgan fingerprint density at radius 1 is 1.09 bits per heavy atom. The van der Waals surface area contributed by atoms with E-state index in [9.17, 15) is 30.0 Å². The molecule has 2 aromatic carbocycles. The van der Waals surface area contributed by atoms with Crippen molar-refractivity contribution in [3.8, 4) is 17.6 Å². The predicted molar refractivity (Wildman–Crippen MR) is 123 cm³/mol. The van der Waals surface area contributed by atoms with Crippen molar-refractivity contribution >= 4 is 29.6 Å². The third kappa shape index (κ3) is 6.59. The van der Waals surface area contributed by atoms with Crippen molar-refractivity contribution in [1.29, 1.82) is 0 Å². The van der Waals surface area contributed by atoms with E-state index in [0.29, 0.717) is 16.1 Å². The molecule has 0 unspecified atom stereocenters. The fourth-order valence-electron chi connectivity index (χ4n) is 3.48. The summed E-state index contributed by atoms with van der Waals surface area (Å²) in [6.07, 6.45) is -2.54. The van der Waals surface area contributed by atoms with Crippen LogP contribution in [0.25, 0.3) is 6.08 Å². The van der Waals surface area contributed by atoms with Gasteiger partial charge in [0, 0.05) is 29.5 Å². The normalized spacial score (nSPS) is 24.3. The molecule has 4 N–H and O–H groups in total. The van der Waals surface area contributed by atoms with Crippen LogP contribution in [0.4, 0.5) is 0 Å². The molecule has 0 aromatic heterocycles. The standard InChI is InChI=1S/C25H23ClO8/c26-18-8-3-16(4-9-18)2-1-13-33-25(24(31)32)14-20(28)23(30)21(15-25)34-22(29)12-7-17-5-10-19(27)11-6-17/h3-12,20-21,23,27-28,30H,13-15H2,(H,31,32)/b12-7+/t20-,21+,23+,25-/m0/s1. The van der Waals surface area contributed by atoms with E-state index in [4.69, 9.17) is 21.1 Å². The van der Waals surface area contributed by atoms with Gasteiger partial charge in [-0.2, -0.15) is 0 Å². The number of aliphatic hydroxyl groups is 2. The van der Waals surface area contributed by atoms with E-state index >= 15 is 0 Å². The number of phenolic OH excluding ortho intramolecular Hbond substituents is 1. The molecule has 2 aromatic rings. The summed E-state index contributed by atoms with van der Waals surface area (Å²) in [5.41, 5.74) is -0.635. The van der Waals surface area contributed by atoms with Crippen LogP contribution in [0.3, 0.4) is 0 Å². The zero-order valence-corrected chi connectivity index (χ0v) is 18.7. The Kier molecular flexibility index (Phi) is 8.31. The number of aliphatic carboxylic acids is 1. The quantitative estimate of drug-likeness (QED) is 0.278. The molecule has 0 saturated heterocycles. The van der Waals surface area contributed by atoms with E-state index in [1.807, 2.05) is 0 Å². The van der Waals surface area contributed by atoms with Crippen molar-refractivity contribution < 1.29 is 39.5 Å². The number of phenols is 1. The van der Waals surface area contributed by atoms with Gasteiger partial charge in [0.15, 0.2) is 5.60 Å².